The molecule has 2 fully saturated rings. The van der Waals surface area contributed by atoms with E-state index in [1.165, 1.54) is 17.0 Å². The number of aromatic nitrogens is 2. The lowest BCUT2D eigenvalue weighted by atomic mass is 10.1. The SMILES string of the molecule is CC(C)Oc1ccc(-c2nc(C(=O)N3CC(NC(=O)C4CC4)C3)c(CN)o2)c2ccc(C(F)(F)F)nc12. The minimum atomic E-state index is -4.64. The molecule has 3 heterocycles. The second-order valence-electron chi connectivity index (χ2n) is 9.55. The van der Waals surface area contributed by atoms with Crippen LogP contribution in [0.4, 0.5) is 13.2 Å². The van der Waals surface area contributed by atoms with Gasteiger partial charge in [-0.05, 0) is 51.0 Å². The minimum absolute atomic E-state index is 0.00149. The lowest BCUT2D eigenvalue weighted by molar-refractivity contribution is -0.141. The fraction of sp³-hybridized carbons (Fsp3) is 0.440. The molecule has 0 radical (unpaired) electrons. The number of rotatable bonds is 7. The van der Waals surface area contributed by atoms with E-state index in [0.717, 1.165) is 18.9 Å². The zero-order valence-corrected chi connectivity index (χ0v) is 20.3. The Morgan fingerprint density at radius 1 is 1.19 bits per heavy atom. The van der Waals surface area contributed by atoms with Crippen molar-refractivity contribution < 1.29 is 31.9 Å². The van der Waals surface area contributed by atoms with Crippen LogP contribution in [0.5, 0.6) is 5.75 Å². The first kappa shape index (κ1) is 25.0. The first-order valence-corrected chi connectivity index (χ1v) is 12.0. The molecule has 1 aromatic carbocycles. The number of benzene rings is 1. The van der Waals surface area contributed by atoms with E-state index in [9.17, 15) is 22.8 Å². The number of nitrogens with zero attached hydrogens (tertiary/aromatic N) is 3. The first-order valence-electron chi connectivity index (χ1n) is 12.0. The van der Waals surface area contributed by atoms with Gasteiger partial charge < -0.3 is 25.1 Å². The molecule has 12 heteroatoms. The molecule has 3 N–H and O–H groups in total. The van der Waals surface area contributed by atoms with Crippen LogP contribution in [0.3, 0.4) is 0 Å². The summed E-state index contributed by atoms with van der Waals surface area (Å²) in [5, 5.41) is 3.25. The summed E-state index contributed by atoms with van der Waals surface area (Å²) in [6.45, 7) is 4.09. The molecular weight excluding hydrogens is 491 g/mol. The molecule has 2 amide bonds. The van der Waals surface area contributed by atoms with E-state index in [1.54, 1.807) is 19.9 Å². The van der Waals surface area contributed by atoms with Gasteiger partial charge in [-0.15, -0.1) is 0 Å². The number of fused-ring (bicyclic) bond motifs is 1. The Bertz CT molecular complexity index is 1360. The molecule has 5 rings (SSSR count). The molecule has 3 aromatic rings. The summed E-state index contributed by atoms with van der Waals surface area (Å²) < 4.78 is 51.6. The highest BCUT2D eigenvalue weighted by Gasteiger charge is 2.38. The highest BCUT2D eigenvalue weighted by atomic mass is 19.4. The molecule has 2 aliphatic rings. The third kappa shape index (κ3) is 4.97. The second-order valence-corrected chi connectivity index (χ2v) is 9.55. The zero-order chi connectivity index (χ0) is 26.5. The number of alkyl halides is 3. The number of pyridine rings is 1. The van der Waals surface area contributed by atoms with E-state index >= 15 is 0 Å². The molecule has 0 bridgehead atoms. The van der Waals surface area contributed by atoms with E-state index in [-0.39, 0.29) is 59.1 Å². The molecule has 1 aliphatic heterocycles. The average Bonchev–Trinajstić information content (AvgIpc) is 3.58. The van der Waals surface area contributed by atoms with Crippen molar-refractivity contribution in [3.63, 3.8) is 0 Å². The number of nitrogens with two attached hydrogens (primary N) is 1. The predicted octanol–water partition coefficient (Wildman–Crippen LogP) is 3.51. The van der Waals surface area contributed by atoms with Crippen LogP contribution in [-0.4, -0.2) is 51.9 Å². The summed E-state index contributed by atoms with van der Waals surface area (Å²) in [5.74, 6) is 0.0742. The van der Waals surface area contributed by atoms with Crippen LogP contribution in [0.25, 0.3) is 22.4 Å². The lowest BCUT2D eigenvalue weighted by Gasteiger charge is -2.39. The van der Waals surface area contributed by atoms with Gasteiger partial charge in [-0.2, -0.15) is 13.2 Å². The Morgan fingerprint density at radius 3 is 2.54 bits per heavy atom. The highest BCUT2D eigenvalue weighted by molar-refractivity contribution is 5.98. The van der Waals surface area contributed by atoms with Gasteiger partial charge in [-0.1, -0.05) is 0 Å². The summed E-state index contributed by atoms with van der Waals surface area (Å²) in [6, 6.07) is 5.14. The minimum Gasteiger partial charge on any atom is -0.489 e. The van der Waals surface area contributed by atoms with Crippen molar-refractivity contribution in [2.75, 3.05) is 13.1 Å². The molecule has 1 saturated carbocycles. The summed E-state index contributed by atoms with van der Waals surface area (Å²) in [4.78, 5) is 34.8. The standard InChI is InChI=1S/C25H26F3N5O4/c1-12(2)36-17-7-5-16(15-6-8-19(25(26,27)28)31-20(15)17)23-32-21(18(9-29)37-23)24(35)33-10-14(11-33)30-22(34)13-3-4-13/h5-8,12-14H,3-4,9-11,29H2,1-2H3,(H,30,34). The quantitative estimate of drug-likeness (QED) is 0.492. The smallest absolute Gasteiger partial charge is 0.433 e. The van der Waals surface area contributed by atoms with Gasteiger partial charge in [-0.25, -0.2) is 9.97 Å². The largest absolute Gasteiger partial charge is 0.489 e. The molecule has 0 spiro atoms. The monoisotopic (exact) mass is 517 g/mol. The van der Waals surface area contributed by atoms with E-state index < -0.39 is 17.8 Å². The Kier molecular flexibility index (Phi) is 6.30. The van der Waals surface area contributed by atoms with Gasteiger partial charge in [-0.3, -0.25) is 9.59 Å². The number of halogens is 3. The maximum absolute atomic E-state index is 13.4. The number of amides is 2. The van der Waals surface area contributed by atoms with Crippen molar-refractivity contribution in [1.29, 1.82) is 0 Å². The third-order valence-electron chi connectivity index (χ3n) is 6.25. The van der Waals surface area contributed by atoms with Crippen LogP contribution in [-0.2, 0) is 17.5 Å². The summed E-state index contributed by atoms with van der Waals surface area (Å²) in [5.41, 5.74) is 5.13. The van der Waals surface area contributed by atoms with Crippen LogP contribution < -0.4 is 15.8 Å². The summed E-state index contributed by atoms with van der Waals surface area (Å²) in [7, 11) is 0. The highest BCUT2D eigenvalue weighted by Crippen LogP contribution is 2.37. The van der Waals surface area contributed by atoms with E-state index in [4.69, 9.17) is 14.9 Å². The molecule has 1 saturated heterocycles. The zero-order valence-electron chi connectivity index (χ0n) is 20.3. The fourth-order valence-corrected chi connectivity index (χ4v) is 4.21. The van der Waals surface area contributed by atoms with Crippen molar-refractivity contribution in [1.82, 2.24) is 20.2 Å². The molecule has 196 valence electrons. The Hall–Kier alpha value is -3.67. The number of likely N-dealkylation sites (tertiary alicyclic amines) is 1. The van der Waals surface area contributed by atoms with Crippen molar-refractivity contribution in [2.45, 2.75) is 51.6 Å². The lowest BCUT2D eigenvalue weighted by Crippen LogP contribution is -2.61. The maximum Gasteiger partial charge on any atom is 0.433 e. The van der Waals surface area contributed by atoms with Crippen molar-refractivity contribution in [3.05, 3.63) is 41.4 Å². The van der Waals surface area contributed by atoms with Gasteiger partial charge in [0.05, 0.1) is 18.7 Å². The number of ether oxygens (including phenoxy) is 1. The number of nitrogens with one attached hydrogen (secondary N) is 1. The average molecular weight is 518 g/mol. The first-order chi connectivity index (χ1) is 17.5. The second kappa shape index (κ2) is 9.33. The van der Waals surface area contributed by atoms with E-state index in [2.05, 4.69) is 15.3 Å². The van der Waals surface area contributed by atoms with Gasteiger partial charge in [0.1, 0.15) is 17.0 Å². The number of carbonyl (C=O) groups is 2. The Labute approximate surface area is 210 Å². The van der Waals surface area contributed by atoms with E-state index in [0.29, 0.717) is 24.0 Å². The molecular formula is C25H26F3N5O4. The number of hydrogen-bond donors (Lipinski definition) is 2. The molecule has 0 unspecified atom stereocenters. The molecule has 37 heavy (non-hydrogen) atoms. The molecule has 9 nitrogen and oxygen atoms in total. The molecule has 2 aromatic heterocycles. The van der Waals surface area contributed by atoms with Crippen LogP contribution in [0, 0.1) is 5.92 Å². The van der Waals surface area contributed by atoms with Gasteiger partial charge >= 0.3 is 6.18 Å². The predicted molar refractivity (Wildman–Crippen MR) is 126 cm³/mol. The van der Waals surface area contributed by atoms with Crippen LogP contribution in [0.1, 0.15) is 48.6 Å². The van der Waals surface area contributed by atoms with Gasteiger partial charge in [0, 0.05) is 30.0 Å². The number of hydrogen-bond acceptors (Lipinski definition) is 7. The number of oxazole rings is 1. The van der Waals surface area contributed by atoms with Crippen LogP contribution in [0.15, 0.2) is 28.7 Å². The topological polar surface area (TPSA) is 124 Å². The van der Waals surface area contributed by atoms with Gasteiger partial charge in [0.2, 0.25) is 11.8 Å². The molecule has 1 aliphatic carbocycles. The van der Waals surface area contributed by atoms with E-state index in [1.807, 2.05) is 0 Å². The van der Waals surface area contributed by atoms with Crippen molar-refractivity contribution in [2.24, 2.45) is 11.7 Å². The van der Waals surface area contributed by atoms with Gasteiger partial charge in [0.25, 0.3) is 5.91 Å². The summed E-state index contributed by atoms with van der Waals surface area (Å²) in [6.07, 6.45) is -3.14. The normalized spacial score (nSPS) is 16.2. The van der Waals surface area contributed by atoms with Crippen LogP contribution in [0.2, 0.25) is 0 Å². The molecule has 0 atom stereocenters. The Balaban J connectivity index is 1.45. The summed E-state index contributed by atoms with van der Waals surface area (Å²) >= 11 is 0. The third-order valence-corrected chi connectivity index (χ3v) is 6.25. The number of carbonyl (C=O) groups excluding carboxylic acids is 2. The maximum atomic E-state index is 13.4. The Morgan fingerprint density at radius 2 is 1.92 bits per heavy atom. The van der Waals surface area contributed by atoms with Crippen LogP contribution >= 0.6 is 0 Å². The fourth-order valence-electron chi connectivity index (χ4n) is 4.21. The van der Waals surface area contributed by atoms with Crippen molar-refractivity contribution >= 4 is 22.7 Å². The van der Waals surface area contributed by atoms with Gasteiger partial charge in [0.15, 0.2) is 11.5 Å². The van der Waals surface area contributed by atoms with Crippen molar-refractivity contribution in [3.8, 4) is 17.2 Å².